The van der Waals surface area contributed by atoms with E-state index < -0.39 is 0 Å². The van der Waals surface area contributed by atoms with E-state index in [-0.39, 0.29) is 5.91 Å². The van der Waals surface area contributed by atoms with Crippen LogP contribution >= 0.6 is 0 Å². The lowest BCUT2D eigenvalue weighted by atomic mass is 9.87. The average molecular weight is 335 g/mol. The third kappa shape index (κ3) is 3.68. The Morgan fingerprint density at radius 2 is 1.88 bits per heavy atom. The summed E-state index contributed by atoms with van der Waals surface area (Å²) in [5, 5.41) is 15.3. The third-order valence-electron chi connectivity index (χ3n) is 4.82. The summed E-state index contributed by atoms with van der Waals surface area (Å²) >= 11 is 0. The van der Waals surface area contributed by atoms with Crippen molar-refractivity contribution in [2.75, 3.05) is 5.32 Å². The molecule has 1 aliphatic carbocycles. The SMILES string of the molecule is O=C(CC1CCCCC1)Nc1ccc(-c2ccc3nncn3n2)cc1. The van der Waals surface area contributed by atoms with Gasteiger partial charge in [-0.25, -0.2) is 0 Å². The molecule has 6 heteroatoms. The normalized spacial score (nSPS) is 15.4. The number of carbonyl (C=O) groups excluding carboxylic acids is 1. The quantitative estimate of drug-likeness (QED) is 0.789. The summed E-state index contributed by atoms with van der Waals surface area (Å²) in [7, 11) is 0. The molecule has 0 spiro atoms. The maximum absolute atomic E-state index is 12.2. The van der Waals surface area contributed by atoms with Gasteiger partial charge in [-0.05, 0) is 43.0 Å². The molecule has 0 unspecified atom stereocenters. The molecule has 0 bridgehead atoms. The smallest absolute Gasteiger partial charge is 0.224 e. The lowest BCUT2D eigenvalue weighted by Gasteiger charge is -2.20. The molecular weight excluding hydrogens is 314 g/mol. The zero-order valence-electron chi connectivity index (χ0n) is 14.1. The van der Waals surface area contributed by atoms with E-state index in [1.54, 1.807) is 10.8 Å². The molecule has 0 aliphatic heterocycles. The summed E-state index contributed by atoms with van der Waals surface area (Å²) in [6.07, 6.45) is 8.42. The van der Waals surface area contributed by atoms with Crippen LogP contribution in [0, 0.1) is 5.92 Å². The van der Waals surface area contributed by atoms with Gasteiger partial charge in [0.05, 0.1) is 5.69 Å². The Hall–Kier alpha value is -2.76. The van der Waals surface area contributed by atoms with Crippen molar-refractivity contribution in [3.63, 3.8) is 0 Å². The Kier molecular flexibility index (Phi) is 4.41. The van der Waals surface area contributed by atoms with Crippen molar-refractivity contribution in [3.8, 4) is 11.3 Å². The summed E-state index contributed by atoms with van der Waals surface area (Å²) in [6.45, 7) is 0. The predicted molar refractivity (Wildman–Crippen MR) is 96.0 cm³/mol. The molecule has 4 rings (SSSR count). The summed E-state index contributed by atoms with van der Waals surface area (Å²) in [5.41, 5.74) is 3.37. The Morgan fingerprint density at radius 1 is 1.08 bits per heavy atom. The van der Waals surface area contributed by atoms with Crippen LogP contribution in [0.4, 0.5) is 5.69 Å². The second-order valence-electron chi connectivity index (χ2n) is 6.69. The summed E-state index contributed by atoms with van der Waals surface area (Å²) in [4.78, 5) is 12.2. The highest BCUT2D eigenvalue weighted by Crippen LogP contribution is 2.27. The maximum atomic E-state index is 12.2. The van der Waals surface area contributed by atoms with Crippen molar-refractivity contribution >= 4 is 17.2 Å². The molecular formula is C19H21N5O. The fourth-order valence-electron chi connectivity index (χ4n) is 3.47. The van der Waals surface area contributed by atoms with Gasteiger partial charge in [-0.3, -0.25) is 4.79 Å². The fraction of sp³-hybridized carbons (Fsp3) is 0.368. The molecule has 0 atom stereocenters. The Balaban J connectivity index is 1.41. The lowest BCUT2D eigenvalue weighted by molar-refractivity contribution is -0.117. The van der Waals surface area contributed by atoms with Gasteiger partial charge in [-0.1, -0.05) is 31.4 Å². The molecule has 1 fully saturated rings. The first kappa shape index (κ1) is 15.7. The molecule has 1 N–H and O–H groups in total. The number of hydrogen-bond acceptors (Lipinski definition) is 4. The first-order valence-electron chi connectivity index (χ1n) is 8.85. The van der Waals surface area contributed by atoms with Crippen molar-refractivity contribution in [3.05, 3.63) is 42.7 Å². The van der Waals surface area contributed by atoms with Gasteiger partial charge in [-0.2, -0.15) is 9.61 Å². The number of nitrogens with zero attached hydrogens (tertiary/aromatic N) is 4. The molecule has 128 valence electrons. The number of benzene rings is 1. The Bertz CT molecular complexity index is 865. The highest BCUT2D eigenvalue weighted by molar-refractivity contribution is 5.91. The van der Waals surface area contributed by atoms with E-state index in [0.717, 1.165) is 22.6 Å². The van der Waals surface area contributed by atoms with Crippen LogP contribution in [0.1, 0.15) is 38.5 Å². The van der Waals surface area contributed by atoms with Gasteiger partial charge >= 0.3 is 0 Å². The van der Waals surface area contributed by atoms with Crippen molar-refractivity contribution in [2.24, 2.45) is 5.92 Å². The van der Waals surface area contributed by atoms with Gasteiger partial charge < -0.3 is 5.32 Å². The van der Waals surface area contributed by atoms with E-state index in [4.69, 9.17) is 0 Å². The van der Waals surface area contributed by atoms with Crippen LogP contribution in [0.5, 0.6) is 0 Å². The fourth-order valence-corrected chi connectivity index (χ4v) is 3.47. The van der Waals surface area contributed by atoms with Crippen LogP contribution < -0.4 is 5.32 Å². The van der Waals surface area contributed by atoms with E-state index in [0.29, 0.717) is 12.3 Å². The van der Waals surface area contributed by atoms with Gasteiger partial charge in [-0.15, -0.1) is 10.2 Å². The number of anilines is 1. The van der Waals surface area contributed by atoms with Gasteiger partial charge in [0.2, 0.25) is 5.91 Å². The van der Waals surface area contributed by atoms with Crippen LogP contribution in [-0.4, -0.2) is 25.7 Å². The summed E-state index contributed by atoms with van der Waals surface area (Å²) < 4.78 is 1.65. The number of aromatic nitrogens is 4. The Morgan fingerprint density at radius 3 is 2.68 bits per heavy atom. The van der Waals surface area contributed by atoms with Crippen LogP contribution in [0.3, 0.4) is 0 Å². The largest absolute Gasteiger partial charge is 0.326 e. The first-order chi connectivity index (χ1) is 12.3. The van der Waals surface area contributed by atoms with Crippen molar-refractivity contribution < 1.29 is 4.79 Å². The molecule has 1 aliphatic rings. The van der Waals surface area contributed by atoms with Crippen LogP contribution in [0.2, 0.25) is 0 Å². The molecule has 25 heavy (non-hydrogen) atoms. The van der Waals surface area contributed by atoms with Gasteiger partial charge in [0.25, 0.3) is 0 Å². The van der Waals surface area contributed by atoms with Crippen LogP contribution in [0.15, 0.2) is 42.7 Å². The van der Waals surface area contributed by atoms with Crippen molar-refractivity contribution in [2.45, 2.75) is 38.5 Å². The molecule has 1 amide bonds. The zero-order chi connectivity index (χ0) is 17.1. The summed E-state index contributed by atoms with van der Waals surface area (Å²) in [5.74, 6) is 0.663. The van der Waals surface area contributed by atoms with E-state index >= 15 is 0 Å². The highest BCUT2D eigenvalue weighted by atomic mass is 16.1. The van der Waals surface area contributed by atoms with Gasteiger partial charge in [0.1, 0.15) is 6.33 Å². The number of rotatable bonds is 4. The monoisotopic (exact) mass is 335 g/mol. The second-order valence-corrected chi connectivity index (χ2v) is 6.69. The molecule has 1 saturated carbocycles. The van der Waals surface area contributed by atoms with Crippen molar-refractivity contribution in [1.29, 1.82) is 0 Å². The molecule has 0 saturated heterocycles. The van der Waals surface area contributed by atoms with E-state index in [2.05, 4.69) is 20.6 Å². The molecule has 2 heterocycles. The van der Waals surface area contributed by atoms with Gasteiger partial charge in [0.15, 0.2) is 5.65 Å². The number of hydrogen-bond donors (Lipinski definition) is 1. The summed E-state index contributed by atoms with van der Waals surface area (Å²) in [6, 6.07) is 11.6. The topological polar surface area (TPSA) is 72.2 Å². The molecule has 2 aromatic heterocycles. The number of fused-ring (bicyclic) bond motifs is 1. The second kappa shape index (κ2) is 7.01. The first-order valence-corrected chi connectivity index (χ1v) is 8.85. The van der Waals surface area contributed by atoms with Gasteiger partial charge in [0, 0.05) is 17.7 Å². The predicted octanol–water partition coefficient (Wildman–Crippen LogP) is 3.70. The van der Waals surface area contributed by atoms with Crippen molar-refractivity contribution in [1.82, 2.24) is 19.8 Å². The number of amides is 1. The lowest BCUT2D eigenvalue weighted by Crippen LogP contribution is -2.18. The number of carbonyl (C=O) groups is 1. The standard InChI is InChI=1S/C19H21N5O/c25-19(12-14-4-2-1-3-5-14)21-16-8-6-15(7-9-16)17-10-11-18-22-20-13-24(18)23-17/h6-11,13-14H,1-5,12H2,(H,21,25). The van der Waals surface area contributed by atoms with Crippen LogP contribution in [0.25, 0.3) is 16.9 Å². The molecule has 6 nitrogen and oxygen atoms in total. The van der Waals surface area contributed by atoms with E-state index in [1.807, 2.05) is 36.4 Å². The zero-order valence-corrected chi connectivity index (χ0v) is 14.1. The highest BCUT2D eigenvalue weighted by Gasteiger charge is 2.17. The number of nitrogens with one attached hydrogen (secondary N) is 1. The molecule has 3 aromatic rings. The average Bonchev–Trinajstić information content (AvgIpc) is 3.11. The Labute approximate surface area is 146 Å². The minimum atomic E-state index is 0.115. The maximum Gasteiger partial charge on any atom is 0.224 e. The van der Waals surface area contributed by atoms with E-state index in [1.165, 1.54) is 32.1 Å². The third-order valence-corrected chi connectivity index (χ3v) is 4.82. The molecule has 0 radical (unpaired) electrons. The minimum Gasteiger partial charge on any atom is -0.326 e. The van der Waals surface area contributed by atoms with E-state index in [9.17, 15) is 4.79 Å². The molecule has 1 aromatic carbocycles. The minimum absolute atomic E-state index is 0.115. The van der Waals surface area contributed by atoms with Crippen LogP contribution in [-0.2, 0) is 4.79 Å².